The molecule has 0 spiro atoms. The van der Waals surface area contributed by atoms with Gasteiger partial charge in [-0.05, 0) is 57.3 Å². The van der Waals surface area contributed by atoms with Crippen LogP contribution in [0.25, 0.3) is 0 Å². The number of halogens is 1. The molecule has 14 heavy (non-hydrogen) atoms. The summed E-state index contributed by atoms with van der Waals surface area (Å²) in [4.78, 5) is 0. The molecule has 1 aromatic carbocycles. The summed E-state index contributed by atoms with van der Waals surface area (Å²) in [5, 5.41) is 10.8. The average Bonchev–Trinajstić information content (AvgIpc) is 2.56. The van der Waals surface area contributed by atoms with Crippen LogP contribution in [0.15, 0.2) is 24.3 Å². The van der Waals surface area contributed by atoms with E-state index in [1.165, 1.54) is 4.68 Å². The Labute approximate surface area is 94.2 Å². The third kappa shape index (κ3) is 2.00. The minimum atomic E-state index is 0.381. The zero-order valence-electron chi connectivity index (χ0n) is 7.38. The monoisotopic (exact) mass is 302 g/mol. The second-order valence-corrected chi connectivity index (χ2v) is 3.89. The van der Waals surface area contributed by atoms with Crippen molar-refractivity contribution >= 4 is 22.6 Å². The summed E-state index contributed by atoms with van der Waals surface area (Å²) in [6.45, 7) is 0. The highest BCUT2D eigenvalue weighted by molar-refractivity contribution is 14.1. The van der Waals surface area contributed by atoms with Crippen molar-refractivity contribution < 1.29 is 4.74 Å². The first-order valence-electron chi connectivity index (χ1n) is 3.91. The number of nitrogens with zero attached hydrogens (tertiary/aromatic N) is 4. The van der Waals surface area contributed by atoms with Crippen molar-refractivity contribution in [2.24, 2.45) is 7.05 Å². The fourth-order valence-electron chi connectivity index (χ4n) is 0.916. The van der Waals surface area contributed by atoms with Crippen molar-refractivity contribution in [1.29, 1.82) is 0 Å². The first-order chi connectivity index (χ1) is 6.75. The van der Waals surface area contributed by atoms with E-state index >= 15 is 0 Å². The molecule has 72 valence electrons. The normalized spacial score (nSPS) is 10.1. The quantitative estimate of drug-likeness (QED) is 0.791. The summed E-state index contributed by atoms with van der Waals surface area (Å²) in [5.41, 5.74) is 0. The molecule has 1 heterocycles. The molecular weight excluding hydrogens is 295 g/mol. The molecule has 6 heteroatoms. The maximum Gasteiger partial charge on any atom is 0.340 e. The Morgan fingerprint density at radius 3 is 2.57 bits per heavy atom. The Kier molecular flexibility index (Phi) is 2.62. The fourth-order valence-corrected chi connectivity index (χ4v) is 1.28. The molecule has 0 aliphatic carbocycles. The van der Waals surface area contributed by atoms with E-state index in [-0.39, 0.29) is 0 Å². The largest absolute Gasteiger partial charge is 0.423 e. The molecule has 0 bridgehead atoms. The summed E-state index contributed by atoms with van der Waals surface area (Å²) in [7, 11) is 1.72. The molecule has 2 aromatic rings. The number of benzene rings is 1. The van der Waals surface area contributed by atoms with E-state index in [2.05, 4.69) is 38.1 Å². The third-order valence-electron chi connectivity index (χ3n) is 1.60. The number of aryl methyl sites for hydroxylation is 1. The highest BCUT2D eigenvalue weighted by atomic mass is 127. The molecule has 0 unspecified atom stereocenters. The predicted molar refractivity (Wildman–Crippen MR) is 58.0 cm³/mol. The molecule has 0 fully saturated rings. The van der Waals surface area contributed by atoms with Crippen LogP contribution in [0.3, 0.4) is 0 Å². The van der Waals surface area contributed by atoms with Crippen LogP contribution < -0.4 is 4.74 Å². The van der Waals surface area contributed by atoms with E-state index < -0.39 is 0 Å². The van der Waals surface area contributed by atoms with E-state index in [4.69, 9.17) is 4.74 Å². The number of rotatable bonds is 2. The number of tetrazole rings is 1. The minimum Gasteiger partial charge on any atom is -0.423 e. The van der Waals surface area contributed by atoms with Gasteiger partial charge < -0.3 is 4.74 Å². The highest BCUT2D eigenvalue weighted by Crippen LogP contribution is 2.18. The fraction of sp³-hybridized carbons (Fsp3) is 0.125. The van der Waals surface area contributed by atoms with Crippen LogP contribution in [-0.4, -0.2) is 20.2 Å². The van der Waals surface area contributed by atoms with Gasteiger partial charge in [0.15, 0.2) is 0 Å². The van der Waals surface area contributed by atoms with Gasteiger partial charge >= 0.3 is 6.01 Å². The number of aromatic nitrogens is 4. The van der Waals surface area contributed by atoms with Gasteiger partial charge in [-0.15, -0.1) is 0 Å². The van der Waals surface area contributed by atoms with Crippen molar-refractivity contribution in [3.8, 4) is 11.8 Å². The van der Waals surface area contributed by atoms with Crippen molar-refractivity contribution in [1.82, 2.24) is 20.2 Å². The van der Waals surface area contributed by atoms with Gasteiger partial charge in [0, 0.05) is 10.6 Å². The van der Waals surface area contributed by atoms with Gasteiger partial charge in [-0.3, -0.25) is 0 Å². The zero-order chi connectivity index (χ0) is 9.97. The van der Waals surface area contributed by atoms with Crippen molar-refractivity contribution in [2.75, 3.05) is 0 Å². The standard InChI is InChI=1S/C8H7IN4O/c1-13-8(10-11-12-13)14-7-4-2-6(9)3-5-7/h2-5H,1H3. The molecule has 0 atom stereocenters. The molecular formula is C8H7IN4O. The van der Waals surface area contributed by atoms with Gasteiger partial charge in [0.25, 0.3) is 0 Å². The van der Waals surface area contributed by atoms with Gasteiger partial charge in [0.1, 0.15) is 5.75 Å². The Balaban J connectivity index is 2.19. The number of hydrogen-bond acceptors (Lipinski definition) is 4. The van der Waals surface area contributed by atoms with E-state index in [0.29, 0.717) is 6.01 Å². The Morgan fingerprint density at radius 2 is 2.00 bits per heavy atom. The lowest BCUT2D eigenvalue weighted by Gasteiger charge is -2.01. The van der Waals surface area contributed by atoms with Crippen molar-refractivity contribution in [2.45, 2.75) is 0 Å². The van der Waals surface area contributed by atoms with Crippen LogP contribution in [-0.2, 0) is 7.05 Å². The molecule has 5 nitrogen and oxygen atoms in total. The molecule has 0 N–H and O–H groups in total. The number of ether oxygens (including phenoxy) is 1. The van der Waals surface area contributed by atoms with Crippen LogP contribution in [0, 0.1) is 3.57 Å². The highest BCUT2D eigenvalue weighted by Gasteiger charge is 2.03. The molecule has 0 aliphatic heterocycles. The first kappa shape index (κ1) is 9.38. The van der Waals surface area contributed by atoms with Gasteiger partial charge in [-0.25, -0.2) is 0 Å². The smallest absolute Gasteiger partial charge is 0.340 e. The third-order valence-corrected chi connectivity index (χ3v) is 2.32. The summed E-state index contributed by atoms with van der Waals surface area (Å²) in [5.74, 6) is 0.725. The summed E-state index contributed by atoms with van der Waals surface area (Å²) >= 11 is 2.23. The van der Waals surface area contributed by atoms with Gasteiger partial charge in [0.2, 0.25) is 0 Å². The molecule has 0 radical (unpaired) electrons. The van der Waals surface area contributed by atoms with Crippen LogP contribution in [0.5, 0.6) is 11.8 Å². The van der Waals surface area contributed by atoms with Gasteiger partial charge in [0.05, 0.1) is 0 Å². The lowest BCUT2D eigenvalue weighted by Crippen LogP contribution is -1.95. The Bertz CT molecular complexity index is 425. The lowest BCUT2D eigenvalue weighted by molar-refractivity contribution is 0.414. The van der Waals surface area contributed by atoms with Crippen LogP contribution in [0.1, 0.15) is 0 Å². The second-order valence-electron chi connectivity index (χ2n) is 2.64. The molecule has 1 aromatic heterocycles. The molecule has 0 amide bonds. The van der Waals surface area contributed by atoms with Crippen LogP contribution in [0.2, 0.25) is 0 Å². The molecule has 2 rings (SSSR count). The van der Waals surface area contributed by atoms with Crippen LogP contribution >= 0.6 is 22.6 Å². The molecule has 0 saturated heterocycles. The van der Waals surface area contributed by atoms with E-state index in [1.54, 1.807) is 7.05 Å². The van der Waals surface area contributed by atoms with E-state index in [1.807, 2.05) is 24.3 Å². The SMILES string of the molecule is Cn1nnnc1Oc1ccc(I)cc1. The maximum absolute atomic E-state index is 5.43. The molecule has 0 saturated carbocycles. The Hall–Kier alpha value is -1.18. The Morgan fingerprint density at radius 1 is 1.29 bits per heavy atom. The maximum atomic E-state index is 5.43. The topological polar surface area (TPSA) is 52.8 Å². The summed E-state index contributed by atoms with van der Waals surface area (Å²) in [6, 6.07) is 8.04. The molecule has 0 aliphatic rings. The predicted octanol–water partition coefficient (Wildman–Crippen LogP) is 1.61. The van der Waals surface area contributed by atoms with Crippen molar-refractivity contribution in [3.05, 3.63) is 27.8 Å². The summed E-state index contributed by atoms with van der Waals surface area (Å²) in [6.07, 6.45) is 0. The van der Waals surface area contributed by atoms with E-state index in [0.717, 1.165) is 9.32 Å². The van der Waals surface area contributed by atoms with Gasteiger partial charge in [-0.2, -0.15) is 4.68 Å². The summed E-state index contributed by atoms with van der Waals surface area (Å²) < 4.78 is 8.06. The number of hydrogen-bond donors (Lipinski definition) is 0. The van der Waals surface area contributed by atoms with Crippen molar-refractivity contribution in [3.63, 3.8) is 0 Å². The van der Waals surface area contributed by atoms with E-state index in [9.17, 15) is 0 Å². The second kappa shape index (κ2) is 3.91. The van der Waals surface area contributed by atoms with Gasteiger partial charge in [-0.1, -0.05) is 5.10 Å². The average molecular weight is 302 g/mol. The van der Waals surface area contributed by atoms with Crippen LogP contribution in [0.4, 0.5) is 0 Å². The minimum absolute atomic E-state index is 0.381. The lowest BCUT2D eigenvalue weighted by atomic mass is 10.3. The first-order valence-corrected chi connectivity index (χ1v) is 4.99. The zero-order valence-corrected chi connectivity index (χ0v) is 9.54.